The average molecular weight is 371 g/mol. The van der Waals surface area contributed by atoms with Gasteiger partial charge in [-0.3, -0.25) is 4.79 Å². The molecule has 0 N–H and O–H groups in total. The molecule has 0 spiro atoms. The van der Waals surface area contributed by atoms with Gasteiger partial charge < -0.3 is 9.64 Å². The minimum atomic E-state index is -0.149. The number of thioether (sulfide) groups is 1. The first-order valence-electron chi connectivity index (χ1n) is 8.98. The van der Waals surface area contributed by atoms with Crippen LogP contribution in [0.5, 0.6) is 0 Å². The summed E-state index contributed by atoms with van der Waals surface area (Å²) in [4.78, 5) is 19.2. The van der Waals surface area contributed by atoms with Gasteiger partial charge in [-0.25, -0.2) is 0 Å². The molecule has 0 saturated carbocycles. The van der Waals surface area contributed by atoms with Gasteiger partial charge in [-0.2, -0.15) is 4.99 Å². The zero-order valence-electron chi connectivity index (χ0n) is 15.9. The van der Waals surface area contributed by atoms with Crippen LogP contribution in [0.4, 0.5) is 0 Å². The number of amides is 1. The van der Waals surface area contributed by atoms with Crippen molar-refractivity contribution in [3.05, 3.63) is 52.4 Å². The highest BCUT2D eigenvalue weighted by atomic mass is 32.2. The number of rotatable bonds is 2. The highest BCUT2D eigenvalue weighted by molar-refractivity contribution is 8.18. The SMILES string of the molecule is CC(=CC=C1SC(N2CCOCC2)=NC1=O)c1ccc(C(C)(C)C)cc1. The van der Waals surface area contributed by atoms with E-state index in [1.54, 1.807) is 0 Å². The molecule has 0 atom stereocenters. The first-order valence-corrected chi connectivity index (χ1v) is 9.79. The van der Waals surface area contributed by atoms with E-state index >= 15 is 0 Å². The fourth-order valence-corrected chi connectivity index (χ4v) is 3.74. The van der Waals surface area contributed by atoms with E-state index in [0.29, 0.717) is 18.1 Å². The number of morpholine rings is 1. The standard InChI is InChI=1S/C21H26N2O2S/c1-15(16-6-8-17(9-7-16)21(2,3)4)5-10-18-19(24)22-20(26-18)23-11-13-25-14-12-23/h5-10H,11-14H2,1-4H3. The molecular weight excluding hydrogens is 344 g/mol. The summed E-state index contributed by atoms with van der Waals surface area (Å²) in [6, 6.07) is 8.64. The molecule has 1 aromatic rings. The van der Waals surface area contributed by atoms with Crippen molar-refractivity contribution in [3.8, 4) is 0 Å². The molecule has 2 heterocycles. The van der Waals surface area contributed by atoms with E-state index < -0.39 is 0 Å². The number of nitrogens with zero attached hydrogens (tertiary/aromatic N) is 2. The van der Waals surface area contributed by atoms with Crippen molar-refractivity contribution in [2.75, 3.05) is 26.3 Å². The lowest BCUT2D eigenvalue weighted by Gasteiger charge is -2.27. The Hall–Kier alpha value is -1.85. The number of carbonyl (C=O) groups is 1. The summed E-state index contributed by atoms with van der Waals surface area (Å²) < 4.78 is 5.36. The second kappa shape index (κ2) is 7.80. The van der Waals surface area contributed by atoms with Crippen molar-refractivity contribution in [1.29, 1.82) is 0 Å². The molecule has 26 heavy (non-hydrogen) atoms. The lowest BCUT2D eigenvalue weighted by Crippen LogP contribution is -2.38. The van der Waals surface area contributed by atoms with Gasteiger partial charge in [-0.05, 0) is 46.9 Å². The van der Waals surface area contributed by atoms with Gasteiger partial charge in [-0.15, -0.1) is 0 Å². The van der Waals surface area contributed by atoms with Crippen LogP contribution in [0.3, 0.4) is 0 Å². The first-order chi connectivity index (χ1) is 12.3. The molecule has 1 fully saturated rings. The minimum absolute atomic E-state index is 0.149. The van der Waals surface area contributed by atoms with Gasteiger partial charge in [0.25, 0.3) is 5.91 Å². The molecule has 1 amide bonds. The molecule has 1 saturated heterocycles. The Kier molecular flexibility index (Phi) is 5.68. The van der Waals surface area contributed by atoms with Crippen molar-refractivity contribution >= 4 is 28.4 Å². The van der Waals surface area contributed by atoms with Gasteiger partial charge in [-0.1, -0.05) is 51.1 Å². The van der Waals surface area contributed by atoms with E-state index in [-0.39, 0.29) is 11.3 Å². The Morgan fingerprint density at radius 1 is 1.19 bits per heavy atom. The van der Waals surface area contributed by atoms with E-state index in [1.807, 2.05) is 12.2 Å². The maximum Gasteiger partial charge on any atom is 0.286 e. The van der Waals surface area contributed by atoms with Gasteiger partial charge in [0.05, 0.1) is 18.1 Å². The minimum Gasteiger partial charge on any atom is -0.378 e. The lowest BCUT2D eigenvalue weighted by atomic mass is 9.86. The van der Waals surface area contributed by atoms with Crippen molar-refractivity contribution in [3.63, 3.8) is 0 Å². The molecule has 5 heteroatoms. The van der Waals surface area contributed by atoms with Crippen molar-refractivity contribution in [2.24, 2.45) is 4.99 Å². The number of benzene rings is 1. The average Bonchev–Trinajstić information content (AvgIpc) is 3.00. The fraction of sp³-hybridized carbons (Fsp3) is 0.429. The Labute approximate surface area is 160 Å². The van der Waals surface area contributed by atoms with Gasteiger partial charge >= 0.3 is 0 Å². The molecule has 0 aromatic heterocycles. The summed E-state index contributed by atoms with van der Waals surface area (Å²) in [5, 5.41) is 0.796. The van der Waals surface area contributed by atoms with Crippen LogP contribution < -0.4 is 0 Å². The number of aliphatic imine (C=N–C) groups is 1. The van der Waals surface area contributed by atoms with Gasteiger partial charge in [0.15, 0.2) is 5.17 Å². The van der Waals surface area contributed by atoms with Crippen LogP contribution in [-0.4, -0.2) is 42.3 Å². The van der Waals surface area contributed by atoms with Crippen LogP contribution in [0.25, 0.3) is 5.57 Å². The number of carbonyl (C=O) groups excluding carboxylic acids is 1. The van der Waals surface area contributed by atoms with Crippen molar-refractivity contribution < 1.29 is 9.53 Å². The molecule has 0 bridgehead atoms. The third-order valence-corrected chi connectivity index (χ3v) is 5.64. The molecular formula is C21H26N2O2S. The number of allylic oxidation sites excluding steroid dienone is 3. The highest BCUT2D eigenvalue weighted by Gasteiger charge is 2.26. The molecule has 138 valence electrons. The van der Waals surface area contributed by atoms with E-state index in [4.69, 9.17) is 4.74 Å². The number of hydrogen-bond donors (Lipinski definition) is 0. The Morgan fingerprint density at radius 2 is 1.85 bits per heavy atom. The zero-order valence-corrected chi connectivity index (χ0v) is 16.7. The maximum absolute atomic E-state index is 12.2. The quantitative estimate of drug-likeness (QED) is 0.731. The number of amidine groups is 1. The molecule has 0 unspecified atom stereocenters. The third-order valence-electron chi connectivity index (χ3n) is 4.58. The monoisotopic (exact) mass is 370 g/mol. The number of ether oxygens (including phenoxy) is 1. The lowest BCUT2D eigenvalue weighted by molar-refractivity contribution is -0.113. The summed E-state index contributed by atoms with van der Waals surface area (Å²) in [7, 11) is 0. The third kappa shape index (κ3) is 4.46. The fourth-order valence-electron chi connectivity index (χ4n) is 2.83. The van der Waals surface area contributed by atoms with E-state index in [2.05, 4.69) is 61.9 Å². The van der Waals surface area contributed by atoms with Gasteiger partial charge in [0, 0.05) is 13.1 Å². The summed E-state index contributed by atoms with van der Waals surface area (Å²) in [6.07, 6.45) is 3.89. The molecule has 0 aliphatic carbocycles. The highest BCUT2D eigenvalue weighted by Crippen LogP contribution is 2.30. The normalized spacial score (nSPS) is 20.7. The largest absolute Gasteiger partial charge is 0.378 e. The van der Waals surface area contributed by atoms with Crippen molar-refractivity contribution in [1.82, 2.24) is 4.90 Å². The van der Waals surface area contributed by atoms with Crippen LogP contribution in [0.1, 0.15) is 38.8 Å². The van der Waals surface area contributed by atoms with Crippen molar-refractivity contribution in [2.45, 2.75) is 33.1 Å². The molecule has 0 radical (unpaired) electrons. The topological polar surface area (TPSA) is 41.9 Å². The summed E-state index contributed by atoms with van der Waals surface area (Å²) in [5.74, 6) is -0.149. The predicted octanol–water partition coefficient (Wildman–Crippen LogP) is 4.23. The van der Waals surface area contributed by atoms with Crippen LogP contribution >= 0.6 is 11.8 Å². The summed E-state index contributed by atoms with van der Waals surface area (Å²) in [6.45, 7) is 11.7. The van der Waals surface area contributed by atoms with Crippen LogP contribution in [0, 0.1) is 0 Å². The predicted molar refractivity (Wildman–Crippen MR) is 109 cm³/mol. The van der Waals surface area contributed by atoms with Gasteiger partial charge in [0.1, 0.15) is 0 Å². The second-order valence-electron chi connectivity index (χ2n) is 7.61. The molecule has 2 aliphatic heterocycles. The van der Waals surface area contributed by atoms with E-state index in [0.717, 1.165) is 23.8 Å². The van der Waals surface area contributed by atoms with E-state index in [9.17, 15) is 4.79 Å². The second-order valence-corrected chi connectivity index (χ2v) is 8.62. The van der Waals surface area contributed by atoms with Crippen LogP contribution in [-0.2, 0) is 14.9 Å². The Balaban J connectivity index is 1.69. The maximum atomic E-state index is 12.2. The summed E-state index contributed by atoms with van der Waals surface area (Å²) in [5.41, 5.74) is 3.77. The van der Waals surface area contributed by atoms with Crippen LogP contribution in [0.2, 0.25) is 0 Å². The van der Waals surface area contributed by atoms with E-state index in [1.165, 1.54) is 22.9 Å². The van der Waals surface area contributed by atoms with Crippen LogP contribution in [0.15, 0.2) is 46.3 Å². The smallest absolute Gasteiger partial charge is 0.286 e. The Morgan fingerprint density at radius 3 is 2.46 bits per heavy atom. The molecule has 4 nitrogen and oxygen atoms in total. The molecule has 3 rings (SSSR count). The van der Waals surface area contributed by atoms with Gasteiger partial charge in [0.2, 0.25) is 0 Å². The first kappa shape index (κ1) is 18.9. The zero-order chi connectivity index (χ0) is 18.7. The Bertz CT molecular complexity index is 764. The molecule has 2 aliphatic rings. The molecule has 1 aromatic carbocycles. The number of hydrogen-bond acceptors (Lipinski definition) is 4. The summed E-state index contributed by atoms with van der Waals surface area (Å²) >= 11 is 1.46.